The fourth-order valence-corrected chi connectivity index (χ4v) is 1.62. The molecule has 1 N–H and O–H groups in total. The van der Waals surface area contributed by atoms with Gasteiger partial charge in [0, 0.05) is 24.9 Å². The normalized spacial score (nSPS) is 10.6. The van der Waals surface area contributed by atoms with Crippen LogP contribution in [0.3, 0.4) is 0 Å². The number of aromatic nitrogens is 2. The van der Waals surface area contributed by atoms with Crippen LogP contribution in [0.15, 0.2) is 42.7 Å². The van der Waals surface area contributed by atoms with E-state index < -0.39 is 0 Å². The lowest BCUT2D eigenvalue weighted by Crippen LogP contribution is -2.08. The molecule has 5 heteroatoms. The molecule has 1 aromatic carbocycles. The van der Waals surface area contributed by atoms with Gasteiger partial charge in [0.15, 0.2) is 0 Å². The Balaban J connectivity index is 2.03. The lowest BCUT2D eigenvalue weighted by Gasteiger charge is -2.07. The molecule has 0 spiro atoms. The van der Waals surface area contributed by atoms with E-state index in [-0.39, 0.29) is 5.91 Å². The maximum absolute atomic E-state index is 11.8. The molecule has 0 unspecified atom stereocenters. The number of aryl methyl sites for hydroxylation is 1. The average molecular weight is 257 g/mol. The summed E-state index contributed by atoms with van der Waals surface area (Å²) in [7, 11) is 3.39. The van der Waals surface area contributed by atoms with Gasteiger partial charge in [-0.1, -0.05) is 12.1 Å². The zero-order valence-corrected chi connectivity index (χ0v) is 10.8. The summed E-state index contributed by atoms with van der Waals surface area (Å²) in [4.78, 5) is 11.8. The number of nitrogens with zero attached hydrogens (tertiary/aromatic N) is 2. The van der Waals surface area contributed by atoms with Crippen molar-refractivity contribution in [1.29, 1.82) is 0 Å². The van der Waals surface area contributed by atoms with Crippen LogP contribution < -0.4 is 10.1 Å². The lowest BCUT2D eigenvalue weighted by atomic mass is 10.2. The van der Waals surface area contributed by atoms with E-state index in [9.17, 15) is 4.79 Å². The molecule has 2 rings (SSSR count). The zero-order valence-electron chi connectivity index (χ0n) is 10.8. The van der Waals surface area contributed by atoms with Crippen molar-refractivity contribution in [2.24, 2.45) is 7.05 Å². The van der Waals surface area contributed by atoms with Crippen LogP contribution in [0.2, 0.25) is 0 Å². The second kappa shape index (κ2) is 5.86. The first-order chi connectivity index (χ1) is 9.19. The number of para-hydroxylation sites is 2. The van der Waals surface area contributed by atoms with Crippen molar-refractivity contribution in [3.63, 3.8) is 0 Å². The Morgan fingerprint density at radius 3 is 2.89 bits per heavy atom. The molecule has 0 radical (unpaired) electrons. The van der Waals surface area contributed by atoms with Gasteiger partial charge in [0.05, 0.1) is 19.0 Å². The summed E-state index contributed by atoms with van der Waals surface area (Å²) in [6.07, 6.45) is 6.68. The largest absolute Gasteiger partial charge is 0.495 e. The molecule has 0 aliphatic rings. The van der Waals surface area contributed by atoms with Crippen LogP contribution in [0, 0.1) is 0 Å². The molecule has 0 saturated heterocycles. The first kappa shape index (κ1) is 12.9. The third-order valence-corrected chi connectivity index (χ3v) is 2.52. The summed E-state index contributed by atoms with van der Waals surface area (Å²) >= 11 is 0. The summed E-state index contributed by atoms with van der Waals surface area (Å²) in [5.74, 6) is 0.416. The molecule has 98 valence electrons. The van der Waals surface area contributed by atoms with E-state index in [2.05, 4.69) is 10.4 Å². The van der Waals surface area contributed by atoms with Crippen molar-refractivity contribution in [3.8, 4) is 5.75 Å². The third-order valence-electron chi connectivity index (χ3n) is 2.52. The Hall–Kier alpha value is -2.56. The van der Waals surface area contributed by atoms with Crippen LogP contribution >= 0.6 is 0 Å². The molecule has 19 heavy (non-hydrogen) atoms. The van der Waals surface area contributed by atoms with Gasteiger partial charge in [-0.25, -0.2) is 0 Å². The van der Waals surface area contributed by atoms with Crippen molar-refractivity contribution < 1.29 is 9.53 Å². The standard InChI is InChI=1S/C14H15N3O2/c1-17-10-11(9-15-17)7-8-14(18)16-12-5-3-4-6-13(12)19-2/h3-10H,1-2H3,(H,16,18)/b8-7+. The van der Waals surface area contributed by atoms with Crippen molar-refractivity contribution in [2.75, 3.05) is 12.4 Å². The first-order valence-electron chi connectivity index (χ1n) is 5.80. The molecule has 1 heterocycles. The highest BCUT2D eigenvalue weighted by Crippen LogP contribution is 2.22. The van der Waals surface area contributed by atoms with E-state index in [1.54, 1.807) is 36.2 Å². The molecule has 5 nitrogen and oxygen atoms in total. The molecule has 1 amide bonds. The number of carbonyl (C=O) groups is 1. The van der Waals surface area contributed by atoms with E-state index in [1.165, 1.54) is 6.08 Å². The fourth-order valence-electron chi connectivity index (χ4n) is 1.62. The average Bonchev–Trinajstić information content (AvgIpc) is 2.83. The number of hydrogen-bond acceptors (Lipinski definition) is 3. The Kier molecular flexibility index (Phi) is 3.97. The van der Waals surface area contributed by atoms with Gasteiger partial charge < -0.3 is 10.1 Å². The predicted molar refractivity (Wildman–Crippen MR) is 73.9 cm³/mol. The fraction of sp³-hybridized carbons (Fsp3) is 0.143. The molecular weight excluding hydrogens is 242 g/mol. The summed E-state index contributed by atoms with van der Waals surface area (Å²) in [6, 6.07) is 7.26. The topological polar surface area (TPSA) is 56.1 Å². The third kappa shape index (κ3) is 3.45. The highest BCUT2D eigenvalue weighted by Gasteiger charge is 2.03. The number of ether oxygens (including phenoxy) is 1. The SMILES string of the molecule is COc1ccccc1NC(=O)/C=C/c1cnn(C)c1. The van der Waals surface area contributed by atoms with E-state index in [0.29, 0.717) is 11.4 Å². The summed E-state index contributed by atoms with van der Waals surface area (Å²) < 4.78 is 6.84. The Morgan fingerprint density at radius 1 is 1.42 bits per heavy atom. The minimum Gasteiger partial charge on any atom is -0.495 e. The first-order valence-corrected chi connectivity index (χ1v) is 5.80. The van der Waals surface area contributed by atoms with Gasteiger partial charge in [-0.15, -0.1) is 0 Å². The number of hydrogen-bond donors (Lipinski definition) is 1. The molecule has 0 aliphatic carbocycles. The molecule has 2 aromatic rings. The molecule has 1 aromatic heterocycles. The summed E-state index contributed by atoms with van der Waals surface area (Å²) in [6.45, 7) is 0. The van der Waals surface area contributed by atoms with Crippen LogP contribution in [0.5, 0.6) is 5.75 Å². The van der Waals surface area contributed by atoms with Gasteiger partial charge >= 0.3 is 0 Å². The number of benzene rings is 1. The molecule has 0 saturated carbocycles. The number of rotatable bonds is 4. The molecule has 0 atom stereocenters. The van der Waals surface area contributed by atoms with Gasteiger partial charge in [0.25, 0.3) is 0 Å². The second-order valence-corrected chi connectivity index (χ2v) is 3.97. The minimum atomic E-state index is -0.214. The molecule has 0 bridgehead atoms. The Bertz CT molecular complexity index is 602. The van der Waals surface area contributed by atoms with Crippen molar-refractivity contribution >= 4 is 17.7 Å². The van der Waals surface area contributed by atoms with E-state index >= 15 is 0 Å². The molecular formula is C14H15N3O2. The van der Waals surface area contributed by atoms with Crippen LogP contribution in [-0.4, -0.2) is 22.8 Å². The quantitative estimate of drug-likeness (QED) is 0.853. The highest BCUT2D eigenvalue weighted by atomic mass is 16.5. The highest BCUT2D eigenvalue weighted by molar-refractivity contribution is 6.02. The van der Waals surface area contributed by atoms with Crippen LogP contribution in [0.4, 0.5) is 5.69 Å². The second-order valence-electron chi connectivity index (χ2n) is 3.97. The van der Waals surface area contributed by atoms with Crippen LogP contribution in [0.1, 0.15) is 5.56 Å². The van der Waals surface area contributed by atoms with Crippen molar-refractivity contribution in [1.82, 2.24) is 9.78 Å². The van der Waals surface area contributed by atoms with E-state index in [4.69, 9.17) is 4.74 Å². The minimum absolute atomic E-state index is 0.214. The molecule has 0 aliphatic heterocycles. The van der Waals surface area contributed by atoms with E-state index in [0.717, 1.165) is 5.56 Å². The van der Waals surface area contributed by atoms with Crippen molar-refractivity contribution in [2.45, 2.75) is 0 Å². The van der Waals surface area contributed by atoms with E-state index in [1.807, 2.05) is 25.4 Å². The van der Waals surface area contributed by atoms with Gasteiger partial charge in [0.1, 0.15) is 5.75 Å². The molecule has 0 fully saturated rings. The number of amides is 1. The van der Waals surface area contributed by atoms with Crippen molar-refractivity contribution in [3.05, 3.63) is 48.3 Å². The maximum Gasteiger partial charge on any atom is 0.248 e. The lowest BCUT2D eigenvalue weighted by molar-refractivity contribution is -0.111. The maximum atomic E-state index is 11.8. The zero-order chi connectivity index (χ0) is 13.7. The number of carbonyl (C=O) groups excluding carboxylic acids is 1. The van der Waals surface area contributed by atoms with Crippen LogP contribution in [0.25, 0.3) is 6.08 Å². The predicted octanol–water partition coefficient (Wildman–Crippen LogP) is 2.08. The number of methoxy groups -OCH3 is 1. The smallest absolute Gasteiger partial charge is 0.248 e. The van der Waals surface area contributed by atoms with Gasteiger partial charge in [-0.05, 0) is 18.2 Å². The summed E-state index contributed by atoms with van der Waals surface area (Å²) in [5.41, 5.74) is 1.52. The monoisotopic (exact) mass is 257 g/mol. The van der Waals surface area contributed by atoms with Crippen LogP contribution in [-0.2, 0) is 11.8 Å². The van der Waals surface area contributed by atoms with Gasteiger partial charge in [0.2, 0.25) is 5.91 Å². The summed E-state index contributed by atoms with van der Waals surface area (Å²) in [5, 5.41) is 6.78. The number of anilines is 1. The number of nitrogens with one attached hydrogen (secondary N) is 1. The van der Waals surface area contributed by atoms with Gasteiger partial charge in [-0.3, -0.25) is 9.48 Å². The van der Waals surface area contributed by atoms with Gasteiger partial charge in [-0.2, -0.15) is 5.10 Å². The Morgan fingerprint density at radius 2 is 2.21 bits per heavy atom. The Labute approximate surface area is 111 Å².